The van der Waals surface area contributed by atoms with Gasteiger partial charge in [0.15, 0.2) is 0 Å². The molecule has 0 spiro atoms. The number of hydrazine groups is 1. The van der Waals surface area contributed by atoms with Crippen LogP contribution in [-0.2, 0) is 14.5 Å². The van der Waals surface area contributed by atoms with Gasteiger partial charge in [0.05, 0.1) is 23.7 Å². The van der Waals surface area contributed by atoms with Crippen LogP contribution < -0.4 is 10.3 Å². The lowest BCUT2D eigenvalue weighted by atomic mass is 10.1. The highest BCUT2D eigenvalue weighted by Crippen LogP contribution is 2.48. The molecule has 2 aliphatic heterocycles. The van der Waals surface area contributed by atoms with E-state index in [1.165, 1.54) is 11.8 Å². The summed E-state index contributed by atoms with van der Waals surface area (Å²) in [5, 5.41) is 2.14. The number of hydrogen-bond acceptors (Lipinski definition) is 5. The molecule has 2 aliphatic rings. The number of carbonyl (C=O) groups is 2. The van der Waals surface area contributed by atoms with Gasteiger partial charge in [-0.2, -0.15) is 0 Å². The molecule has 32 heavy (non-hydrogen) atoms. The van der Waals surface area contributed by atoms with Gasteiger partial charge in [-0.1, -0.05) is 65.8 Å². The van der Waals surface area contributed by atoms with E-state index in [0.717, 1.165) is 26.7 Å². The maximum Gasteiger partial charge on any atom is 0.248 e. The number of thioether (sulfide) groups is 1. The fourth-order valence-electron chi connectivity index (χ4n) is 4.04. The maximum absolute atomic E-state index is 13.5. The minimum absolute atomic E-state index is 0.0281. The lowest BCUT2D eigenvalue weighted by molar-refractivity contribution is -0.134. The van der Waals surface area contributed by atoms with Crippen molar-refractivity contribution < 1.29 is 9.59 Å². The van der Waals surface area contributed by atoms with Crippen LogP contribution in [0, 0.1) is 0 Å². The van der Waals surface area contributed by atoms with Gasteiger partial charge < -0.3 is 0 Å². The van der Waals surface area contributed by atoms with E-state index in [9.17, 15) is 9.59 Å². The Bertz CT molecular complexity index is 1180. The van der Waals surface area contributed by atoms with E-state index in [4.69, 9.17) is 11.6 Å². The zero-order valence-electron chi connectivity index (χ0n) is 17.2. The van der Waals surface area contributed by atoms with Crippen molar-refractivity contribution in [2.75, 3.05) is 17.2 Å². The Morgan fingerprint density at radius 2 is 1.59 bits per heavy atom. The van der Waals surface area contributed by atoms with Crippen molar-refractivity contribution in [2.24, 2.45) is 0 Å². The number of anilines is 2. The fourth-order valence-corrected chi connectivity index (χ4v) is 6.64. The van der Waals surface area contributed by atoms with Crippen LogP contribution in [0.5, 0.6) is 0 Å². The first-order chi connectivity index (χ1) is 15.5. The largest absolute Gasteiger partial charge is 0.278 e. The zero-order valence-corrected chi connectivity index (χ0v) is 19.6. The third-order valence-corrected chi connectivity index (χ3v) is 8.41. The number of para-hydroxylation sites is 2. The van der Waals surface area contributed by atoms with Crippen LogP contribution in [0.3, 0.4) is 0 Å². The molecule has 1 N–H and O–H groups in total. The molecule has 1 atom stereocenters. The molecule has 0 aliphatic carbocycles. The van der Waals surface area contributed by atoms with E-state index in [0.29, 0.717) is 10.8 Å². The molecule has 0 bridgehead atoms. The molecule has 2 amide bonds. The lowest BCUT2D eigenvalue weighted by Gasteiger charge is -2.36. The van der Waals surface area contributed by atoms with Gasteiger partial charge in [0, 0.05) is 20.4 Å². The summed E-state index contributed by atoms with van der Waals surface area (Å²) in [4.78, 5) is 29.3. The molecular formula is C24H20ClN3O2S2. The third kappa shape index (κ3) is 3.59. The molecule has 3 aromatic rings. The van der Waals surface area contributed by atoms with Crippen molar-refractivity contribution in [2.45, 2.75) is 21.6 Å². The number of benzene rings is 3. The van der Waals surface area contributed by atoms with E-state index in [1.54, 1.807) is 21.7 Å². The molecule has 1 fully saturated rings. The molecular weight excluding hydrogens is 462 g/mol. The summed E-state index contributed by atoms with van der Waals surface area (Å²) in [6, 6.07) is 23.2. The molecule has 162 valence electrons. The van der Waals surface area contributed by atoms with Crippen molar-refractivity contribution in [3.63, 3.8) is 0 Å². The van der Waals surface area contributed by atoms with E-state index in [2.05, 4.69) is 5.43 Å². The Morgan fingerprint density at radius 1 is 1.00 bits per heavy atom. The highest BCUT2D eigenvalue weighted by Gasteiger charge is 2.45. The van der Waals surface area contributed by atoms with E-state index in [-0.39, 0.29) is 18.4 Å². The van der Waals surface area contributed by atoms with Gasteiger partial charge in [0.1, 0.15) is 4.87 Å². The number of rotatable bonds is 4. The molecule has 5 rings (SSSR count). The average Bonchev–Trinajstić information content (AvgIpc) is 3.10. The number of hydrogen-bond donors (Lipinski definition) is 1. The Morgan fingerprint density at radius 3 is 2.25 bits per heavy atom. The molecule has 3 aromatic carbocycles. The van der Waals surface area contributed by atoms with Crippen molar-refractivity contribution >= 4 is 58.3 Å². The lowest BCUT2D eigenvalue weighted by Crippen LogP contribution is -2.52. The number of nitrogens with zero attached hydrogens (tertiary/aromatic N) is 2. The molecule has 5 nitrogen and oxygen atoms in total. The van der Waals surface area contributed by atoms with Gasteiger partial charge in [-0.3, -0.25) is 19.5 Å². The molecule has 0 aromatic heterocycles. The van der Waals surface area contributed by atoms with Crippen LogP contribution in [0.2, 0.25) is 5.02 Å². The summed E-state index contributed by atoms with van der Waals surface area (Å²) in [6.45, 7) is 1.92. The fraction of sp³-hybridized carbons (Fsp3) is 0.167. The normalized spacial score (nSPS) is 19.6. The molecule has 1 saturated heterocycles. The maximum atomic E-state index is 13.5. The Kier molecular flexibility index (Phi) is 5.67. The first-order valence-electron chi connectivity index (χ1n) is 10.1. The highest BCUT2D eigenvalue weighted by atomic mass is 35.5. The van der Waals surface area contributed by atoms with E-state index < -0.39 is 4.87 Å². The van der Waals surface area contributed by atoms with Crippen molar-refractivity contribution in [3.8, 4) is 0 Å². The first kappa shape index (κ1) is 21.4. The summed E-state index contributed by atoms with van der Waals surface area (Å²) in [7, 11) is 0. The molecule has 0 radical (unpaired) electrons. The van der Waals surface area contributed by atoms with Crippen LogP contribution in [0.4, 0.5) is 11.4 Å². The van der Waals surface area contributed by atoms with Crippen LogP contribution in [0.25, 0.3) is 0 Å². The quantitative estimate of drug-likeness (QED) is 0.539. The molecule has 8 heteroatoms. The van der Waals surface area contributed by atoms with Crippen molar-refractivity contribution in [1.82, 2.24) is 10.4 Å². The predicted octanol–water partition coefficient (Wildman–Crippen LogP) is 5.42. The SMILES string of the molecule is CC1(c2ccccc2Cl)SCC(=O)N1NCC(=O)N1c2ccccc2Sc2ccccc21. The monoisotopic (exact) mass is 481 g/mol. The number of amides is 2. The minimum Gasteiger partial charge on any atom is -0.278 e. The van der Waals surface area contributed by atoms with Crippen LogP contribution in [0.1, 0.15) is 12.5 Å². The summed E-state index contributed by atoms with van der Waals surface area (Å²) >= 11 is 9.59. The third-order valence-electron chi connectivity index (χ3n) is 5.60. The number of fused-ring (bicyclic) bond motifs is 2. The number of nitrogens with one attached hydrogen (secondary N) is 1. The van der Waals surface area contributed by atoms with Crippen molar-refractivity contribution in [1.29, 1.82) is 0 Å². The molecule has 1 unspecified atom stereocenters. The van der Waals surface area contributed by atoms with Gasteiger partial charge in [0.2, 0.25) is 11.8 Å². The molecule has 0 saturated carbocycles. The standard InChI is InChI=1S/C24H20ClN3O2S2/c1-24(16-8-2-3-9-17(16)25)28(23(30)15-31-24)26-14-22(29)27-18-10-4-6-12-20(18)32-21-13-7-5-11-19(21)27/h2-13,26H,14-15H2,1H3. The minimum atomic E-state index is -0.705. The summed E-state index contributed by atoms with van der Waals surface area (Å²) in [5.41, 5.74) is 5.64. The first-order valence-corrected chi connectivity index (χ1v) is 12.3. The zero-order chi connectivity index (χ0) is 22.3. The Labute approximate surface area is 200 Å². The van der Waals surface area contributed by atoms with Gasteiger partial charge in [-0.05, 0) is 37.3 Å². The smallest absolute Gasteiger partial charge is 0.248 e. The summed E-state index contributed by atoms with van der Waals surface area (Å²) in [6.07, 6.45) is 0. The van der Waals surface area contributed by atoms with Gasteiger partial charge in [0.25, 0.3) is 0 Å². The predicted molar refractivity (Wildman–Crippen MR) is 130 cm³/mol. The van der Waals surface area contributed by atoms with Gasteiger partial charge >= 0.3 is 0 Å². The summed E-state index contributed by atoms with van der Waals surface area (Å²) < 4.78 is 0. The van der Waals surface area contributed by atoms with Crippen LogP contribution >= 0.6 is 35.1 Å². The second-order valence-corrected chi connectivity index (χ2v) is 10.4. The van der Waals surface area contributed by atoms with Gasteiger partial charge in [-0.15, -0.1) is 11.8 Å². The Balaban J connectivity index is 1.43. The summed E-state index contributed by atoms with van der Waals surface area (Å²) in [5.74, 6) is 0.0891. The molecule has 2 heterocycles. The van der Waals surface area contributed by atoms with Gasteiger partial charge in [-0.25, -0.2) is 5.43 Å². The van der Waals surface area contributed by atoms with E-state index >= 15 is 0 Å². The van der Waals surface area contributed by atoms with Crippen LogP contribution in [0.15, 0.2) is 82.6 Å². The van der Waals surface area contributed by atoms with Crippen molar-refractivity contribution in [3.05, 3.63) is 83.4 Å². The number of halogens is 1. The average molecular weight is 482 g/mol. The number of carbonyl (C=O) groups excluding carboxylic acids is 2. The second-order valence-electron chi connectivity index (χ2n) is 7.58. The topological polar surface area (TPSA) is 52.7 Å². The Hall–Kier alpha value is -2.45. The van der Waals surface area contributed by atoms with Crippen LogP contribution in [-0.4, -0.2) is 29.1 Å². The highest BCUT2D eigenvalue weighted by molar-refractivity contribution is 8.01. The second kappa shape index (κ2) is 8.48. The van der Waals surface area contributed by atoms with E-state index in [1.807, 2.05) is 79.7 Å².